The van der Waals surface area contributed by atoms with Crippen molar-refractivity contribution in [2.75, 3.05) is 30.2 Å². The first kappa shape index (κ1) is 19.9. The van der Waals surface area contributed by atoms with Crippen molar-refractivity contribution in [3.8, 4) is 5.75 Å². The monoisotopic (exact) mass is 403 g/mol. The molecule has 1 heterocycles. The normalized spacial score (nSPS) is 15.4. The summed E-state index contributed by atoms with van der Waals surface area (Å²) in [5, 5.41) is 0.517. The number of ether oxygens (including phenoxy) is 1. The van der Waals surface area contributed by atoms with Crippen molar-refractivity contribution < 1.29 is 18.3 Å². The lowest BCUT2D eigenvalue weighted by atomic mass is 10.1. The third-order valence-electron chi connectivity index (χ3n) is 4.05. The number of amidine groups is 1. The van der Waals surface area contributed by atoms with Crippen molar-refractivity contribution in [1.82, 2.24) is 0 Å². The van der Waals surface area contributed by atoms with Crippen LogP contribution in [0.5, 0.6) is 5.75 Å². The Morgan fingerprint density at radius 2 is 1.75 bits per heavy atom. The minimum atomic E-state index is -2.89. The van der Waals surface area contributed by atoms with Gasteiger partial charge >= 0.3 is 6.61 Å². The van der Waals surface area contributed by atoms with E-state index in [0.717, 1.165) is 11.3 Å². The molecule has 1 amide bonds. The van der Waals surface area contributed by atoms with Crippen molar-refractivity contribution in [3.63, 3.8) is 0 Å². The zero-order valence-electron chi connectivity index (χ0n) is 15.6. The van der Waals surface area contributed by atoms with Crippen molar-refractivity contribution in [3.05, 3.63) is 59.8 Å². The number of carbonyl (C=O) groups is 1. The van der Waals surface area contributed by atoms with Gasteiger partial charge in [0, 0.05) is 19.8 Å². The largest absolute Gasteiger partial charge is 0.435 e. The van der Waals surface area contributed by atoms with Gasteiger partial charge in [0.2, 0.25) is 0 Å². The lowest BCUT2D eigenvalue weighted by Crippen LogP contribution is -2.30. The molecule has 28 heavy (non-hydrogen) atoms. The average Bonchev–Trinajstić information content (AvgIpc) is 2.98. The molecule has 0 unspecified atom stereocenters. The molecule has 0 aromatic heterocycles. The van der Waals surface area contributed by atoms with Crippen molar-refractivity contribution in [2.24, 2.45) is 4.99 Å². The fourth-order valence-corrected chi connectivity index (χ4v) is 3.22. The number of nitrogens with zero attached hydrogens (tertiary/aromatic N) is 3. The van der Waals surface area contributed by atoms with Crippen LogP contribution in [0.15, 0.2) is 59.2 Å². The second-order valence-corrected chi connectivity index (χ2v) is 6.90. The summed E-state index contributed by atoms with van der Waals surface area (Å²) in [4.78, 5) is 20.8. The summed E-state index contributed by atoms with van der Waals surface area (Å²) in [6.07, 6.45) is 3.55. The van der Waals surface area contributed by atoms with Gasteiger partial charge in [-0.15, -0.1) is 0 Å². The van der Waals surface area contributed by atoms with Crippen LogP contribution in [0, 0.1) is 0 Å². The molecule has 0 atom stereocenters. The summed E-state index contributed by atoms with van der Waals surface area (Å²) >= 11 is 1.33. The van der Waals surface area contributed by atoms with Gasteiger partial charge in [0.15, 0.2) is 5.17 Å². The van der Waals surface area contributed by atoms with Crippen molar-refractivity contribution >= 4 is 40.3 Å². The smallest absolute Gasteiger partial charge is 0.387 e. The number of rotatable bonds is 5. The quantitative estimate of drug-likeness (QED) is 0.692. The Morgan fingerprint density at radius 3 is 2.29 bits per heavy atom. The summed E-state index contributed by atoms with van der Waals surface area (Å²) in [5.74, 6) is -0.242. The number of alkyl halides is 2. The first-order valence-corrected chi connectivity index (χ1v) is 9.62. The van der Waals surface area contributed by atoms with E-state index in [1.54, 1.807) is 18.2 Å². The van der Waals surface area contributed by atoms with Crippen LogP contribution in [0.4, 0.5) is 20.2 Å². The standard InChI is InChI=1S/C20H19F2N3O2S/c1-24(2)14-6-4-13(5-7-14)12-17-18(26)25(20(23-17)28-3)15-8-10-16(11-9-15)27-19(21)22/h4-12,19H,1-3H3/b17-12-. The second-order valence-electron chi connectivity index (χ2n) is 6.13. The number of thioether (sulfide) groups is 1. The number of amides is 1. The molecule has 0 spiro atoms. The Bertz CT molecular complexity index is 910. The fraction of sp³-hybridized carbons (Fsp3) is 0.200. The minimum absolute atomic E-state index is 0.0322. The molecule has 2 aromatic rings. The highest BCUT2D eigenvalue weighted by molar-refractivity contribution is 8.13. The molecule has 3 rings (SSSR count). The molecule has 1 aliphatic heterocycles. The Balaban J connectivity index is 1.85. The van der Waals surface area contributed by atoms with Crippen LogP contribution >= 0.6 is 11.8 Å². The topological polar surface area (TPSA) is 45.1 Å². The van der Waals surface area contributed by atoms with Gasteiger partial charge in [-0.05, 0) is 54.3 Å². The van der Waals surface area contributed by atoms with E-state index >= 15 is 0 Å². The van der Waals surface area contributed by atoms with Crippen LogP contribution in [-0.2, 0) is 4.79 Å². The van der Waals surface area contributed by atoms with Crippen LogP contribution in [0.3, 0.4) is 0 Å². The summed E-state index contributed by atoms with van der Waals surface area (Å²) < 4.78 is 29.0. The molecule has 1 aliphatic rings. The number of aliphatic imine (C=N–C) groups is 1. The molecule has 0 saturated heterocycles. The Kier molecular flexibility index (Phi) is 5.99. The third-order valence-corrected chi connectivity index (χ3v) is 4.68. The average molecular weight is 403 g/mol. The lowest BCUT2D eigenvalue weighted by Gasteiger charge is -2.17. The van der Waals surface area contributed by atoms with Crippen molar-refractivity contribution in [2.45, 2.75) is 6.61 Å². The highest BCUT2D eigenvalue weighted by Crippen LogP contribution is 2.30. The van der Waals surface area contributed by atoms with Gasteiger partial charge in [-0.3, -0.25) is 9.69 Å². The Hall–Kier alpha value is -2.87. The predicted molar refractivity (Wildman–Crippen MR) is 110 cm³/mol. The van der Waals surface area contributed by atoms with E-state index in [0.29, 0.717) is 16.6 Å². The van der Waals surface area contributed by atoms with Gasteiger partial charge in [0.1, 0.15) is 11.4 Å². The number of hydrogen-bond acceptors (Lipinski definition) is 5. The van der Waals surface area contributed by atoms with E-state index in [4.69, 9.17) is 0 Å². The third kappa shape index (κ3) is 4.33. The van der Waals surface area contributed by atoms with Gasteiger partial charge in [-0.1, -0.05) is 23.9 Å². The van der Waals surface area contributed by atoms with Crippen LogP contribution in [-0.4, -0.2) is 38.0 Å². The van der Waals surface area contributed by atoms with Crippen LogP contribution in [0.1, 0.15) is 5.56 Å². The van der Waals surface area contributed by atoms with Gasteiger partial charge in [0.25, 0.3) is 5.91 Å². The summed E-state index contributed by atoms with van der Waals surface area (Å²) in [5.41, 5.74) is 2.77. The zero-order chi connectivity index (χ0) is 20.3. The maximum absolute atomic E-state index is 12.9. The first-order chi connectivity index (χ1) is 13.4. The predicted octanol–water partition coefficient (Wildman–Crippen LogP) is 4.46. The van der Waals surface area contributed by atoms with E-state index in [1.807, 2.05) is 49.5 Å². The van der Waals surface area contributed by atoms with E-state index in [1.165, 1.54) is 28.8 Å². The van der Waals surface area contributed by atoms with E-state index < -0.39 is 6.61 Å². The molecule has 0 bridgehead atoms. The number of halogens is 2. The van der Waals surface area contributed by atoms with Crippen LogP contribution < -0.4 is 14.5 Å². The summed E-state index contributed by atoms with van der Waals surface area (Å²) in [6, 6.07) is 13.7. The van der Waals surface area contributed by atoms with E-state index in [2.05, 4.69) is 9.73 Å². The Morgan fingerprint density at radius 1 is 1.11 bits per heavy atom. The van der Waals surface area contributed by atoms with E-state index in [-0.39, 0.29) is 11.7 Å². The number of anilines is 2. The van der Waals surface area contributed by atoms with Gasteiger partial charge < -0.3 is 9.64 Å². The second kappa shape index (κ2) is 8.43. The van der Waals surface area contributed by atoms with E-state index in [9.17, 15) is 13.6 Å². The van der Waals surface area contributed by atoms with Crippen molar-refractivity contribution in [1.29, 1.82) is 0 Å². The molecule has 0 aliphatic carbocycles. The highest BCUT2D eigenvalue weighted by Gasteiger charge is 2.31. The molecule has 0 fully saturated rings. The molecular weight excluding hydrogens is 384 g/mol. The number of carbonyl (C=O) groups excluding carboxylic acids is 1. The minimum Gasteiger partial charge on any atom is -0.435 e. The maximum atomic E-state index is 12.9. The summed E-state index contributed by atoms with van der Waals surface area (Å²) in [6.45, 7) is -2.89. The molecular formula is C20H19F2N3O2S. The van der Waals surface area contributed by atoms with Crippen LogP contribution in [0.25, 0.3) is 6.08 Å². The SMILES string of the molecule is CSC1=N/C(=C\c2ccc(N(C)C)cc2)C(=O)N1c1ccc(OC(F)F)cc1. The number of hydrogen-bond donors (Lipinski definition) is 0. The maximum Gasteiger partial charge on any atom is 0.387 e. The molecule has 0 saturated carbocycles. The van der Waals surface area contributed by atoms with Gasteiger partial charge in [-0.25, -0.2) is 4.99 Å². The number of benzene rings is 2. The first-order valence-electron chi connectivity index (χ1n) is 8.40. The Labute approximate surface area is 166 Å². The molecule has 5 nitrogen and oxygen atoms in total. The molecule has 8 heteroatoms. The molecule has 2 aromatic carbocycles. The molecule has 146 valence electrons. The lowest BCUT2D eigenvalue weighted by molar-refractivity contribution is -0.113. The fourth-order valence-electron chi connectivity index (χ4n) is 2.66. The summed E-state index contributed by atoms with van der Waals surface area (Å²) in [7, 11) is 3.91. The van der Waals surface area contributed by atoms with Gasteiger partial charge in [-0.2, -0.15) is 8.78 Å². The highest BCUT2D eigenvalue weighted by atomic mass is 32.2. The van der Waals surface area contributed by atoms with Crippen LogP contribution in [0.2, 0.25) is 0 Å². The molecule has 0 radical (unpaired) electrons. The molecule has 0 N–H and O–H groups in total. The zero-order valence-corrected chi connectivity index (χ0v) is 16.4. The van der Waals surface area contributed by atoms with Gasteiger partial charge in [0.05, 0.1) is 5.69 Å².